The van der Waals surface area contributed by atoms with Crippen molar-refractivity contribution in [3.05, 3.63) is 176 Å². The number of fused-ring (bicyclic) bond motifs is 3. The summed E-state index contributed by atoms with van der Waals surface area (Å²) in [5.41, 5.74) is 3.73. The van der Waals surface area contributed by atoms with E-state index in [4.69, 9.17) is 24.0 Å². The Bertz CT molecular complexity index is 3180. The van der Waals surface area contributed by atoms with Crippen LogP contribution in [-0.4, -0.2) is 15.0 Å². The van der Waals surface area contributed by atoms with Crippen molar-refractivity contribution in [1.82, 2.24) is 15.0 Å². The predicted molar refractivity (Wildman–Crippen MR) is 200 cm³/mol. The summed E-state index contributed by atoms with van der Waals surface area (Å²) in [5, 5.41) is -0.387. The van der Waals surface area contributed by atoms with Crippen LogP contribution in [0.15, 0.2) is 180 Å². The van der Waals surface area contributed by atoms with Crippen LogP contribution in [0.5, 0.6) is 0 Å². The third-order valence-corrected chi connectivity index (χ3v) is 8.10. The van der Waals surface area contributed by atoms with Gasteiger partial charge in [0.25, 0.3) is 0 Å². The monoisotopic (exact) mass is 638 g/mol. The van der Waals surface area contributed by atoms with E-state index in [0.29, 0.717) is 11.1 Å². The van der Waals surface area contributed by atoms with E-state index < -0.39 is 77.6 Å². The largest absolute Gasteiger partial charge is 0.456 e. The van der Waals surface area contributed by atoms with Crippen LogP contribution in [-0.2, 0) is 0 Å². The molecule has 230 valence electrons. The molecule has 0 atom stereocenters. The smallest absolute Gasteiger partial charge is 0.164 e. The Labute approximate surface area is 299 Å². The zero-order chi connectivity index (χ0) is 42.1. The molecule has 0 fully saturated rings. The summed E-state index contributed by atoms with van der Waals surface area (Å²) in [5.74, 6) is 0.388. The van der Waals surface area contributed by atoms with E-state index in [2.05, 4.69) is 29.2 Å². The van der Waals surface area contributed by atoms with Crippen molar-refractivity contribution in [1.29, 1.82) is 0 Å². The SMILES string of the molecule is [2H]c1c([2H])c([2H])c(-c2c([2H])c([2H])c3oc4c([2H])c(-c5nc(-c6ccccc6)nc(-c6ccc(-c7cccc(-c8ccccc8)c7)cc6)n5)c([2H])c([2H])c4c3c2[2H])c([2H])c1[2H]. The maximum absolute atomic E-state index is 9.36. The van der Waals surface area contributed by atoms with Gasteiger partial charge >= 0.3 is 0 Å². The first kappa shape index (κ1) is 19.2. The summed E-state index contributed by atoms with van der Waals surface area (Å²) < 4.78 is 102. The lowest BCUT2D eigenvalue weighted by molar-refractivity contribution is 0.669. The molecule has 0 N–H and O–H groups in total. The first-order valence-electron chi connectivity index (χ1n) is 21.0. The average molecular weight is 639 g/mol. The van der Waals surface area contributed by atoms with E-state index in [1.807, 2.05) is 84.9 Å². The molecule has 0 aliphatic rings. The molecule has 2 aromatic heterocycles. The molecule has 0 aliphatic heterocycles. The van der Waals surface area contributed by atoms with Gasteiger partial charge in [-0.1, -0.05) is 145 Å². The zero-order valence-electron chi connectivity index (χ0n) is 36.6. The molecule has 0 bridgehead atoms. The molecule has 2 heterocycles. The Kier molecular flexibility index (Phi) is 4.78. The normalized spacial score (nSPS) is 14.4. The van der Waals surface area contributed by atoms with Crippen molar-refractivity contribution in [3.8, 4) is 67.5 Å². The van der Waals surface area contributed by atoms with Crippen LogP contribution >= 0.6 is 0 Å². The van der Waals surface area contributed by atoms with Crippen molar-refractivity contribution < 1.29 is 19.5 Å². The van der Waals surface area contributed by atoms with E-state index in [-0.39, 0.29) is 45.0 Å². The number of benzene rings is 7. The molecule has 0 radical (unpaired) electrons. The lowest BCUT2D eigenvalue weighted by Crippen LogP contribution is -2.00. The minimum Gasteiger partial charge on any atom is -0.456 e. The van der Waals surface area contributed by atoms with Crippen LogP contribution in [0.1, 0.15) is 15.1 Å². The molecule has 4 heteroatoms. The first-order valence-corrected chi connectivity index (χ1v) is 15.5. The van der Waals surface area contributed by atoms with Crippen LogP contribution in [0.3, 0.4) is 0 Å². The number of nitrogens with zero attached hydrogens (tertiary/aromatic N) is 3. The quantitative estimate of drug-likeness (QED) is 0.182. The van der Waals surface area contributed by atoms with Crippen LogP contribution in [0, 0.1) is 0 Å². The molecule has 0 unspecified atom stereocenters. The standard InChI is InChI=1S/C45H29N3O/c1-4-11-30(12-5-1)35-17-10-18-36(27-35)32-19-21-34(22-20-32)44-46-43(33-15-8-3-9-16-33)47-45(48-44)38-23-25-39-40-28-37(31-13-6-2-7-14-31)24-26-41(40)49-42(39)29-38/h1-29H/i2D,6D,7D,13D,14D,23D,24D,25D,26D,28D,29D. The third-order valence-electron chi connectivity index (χ3n) is 8.10. The number of hydrogen-bond acceptors (Lipinski definition) is 4. The van der Waals surface area contributed by atoms with Crippen molar-refractivity contribution >= 4 is 21.9 Å². The van der Waals surface area contributed by atoms with Gasteiger partial charge in [0.15, 0.2) is 17.5 Å². The molecule has 0 aliphatic carbocycles. The van der Waals surface area contributed by atoms with Crippen molar-refractivity contribution in [3.63, 3.8) is 0 Å². The highest BCUT2D eigenvalue weighted by molar-refractivity contribution is 6.07. The Hall–Kier alpha value is -6.65. The Morgan fingerprint density at radius 1 is 0.367 bits per heavy atom. The summed E-state index contributed by atoms with van der Waals surface area (Å²) in [6, 6.07) is 28.5. The fraction of sp³-hybridized carbons (Fsp3) is 0. The predicted octanol–water partition coefficient (Wildman–Crippen LogP) is 11.8. The fourth-order valence-electron chi connectivity index (χ4n) is 5.66. The van der Waals surface area contributed by atoms with Crippen LogP contribution < -0.4 is 0 Å². The van der Waals surface area contributed by atoms with Crippen molar-refractivity contribution in [2.45, 2.75) is 0 Å². The van der Waals surface area contributed by atoms with E-state index in [1.165, 1.54) is 0 Å². The van der Waals surface area contributed by atoms with Gasteiger partial charge in [0.2, 0.25) is 0 Å². The number of hydrogen-bond donors (Lipinski definition) is 0. The van der Waals surface area contributed by atoms with E-state index in [1.54, 1.807) is 0 Å². The van der Waals surface area contributed by atoms with Gasteiger partial charge in [-0.3, -0.25) is 0 Å². The van der Waals surface area contributed by atoms with Crippen LogP contribution in [0.4, 0.5) is 0 Å². The number of aromatic nitrogens is 3. The highest BCUT2D eigenvalue weighted by atomic mass is 16.3. The summed E-state index contributed by atoms with van der Waals surface area (Å²) >= 11 is 0. The van der Waals surface area contributed by atoms with E-state index >= 15 is 0 Å². The number of rotatable bonds is 6. The summed E-state index contributed by atoms with van der Waals surface area (Å²) in [4.78, 5) is 14.2. The van der Waals surface area contributed by atoms with Crippen LogP contribution in [0.25, 0.3) is 89.5 Å². The Morgan fingerprint density at radius 3 is 1.61 bits per heavy atom. The highest BCUT2D eigenvalue weighted by Crippen LogP contribution is 2.35. The van der Waals surface area contributed by atoms with Gasteiger partial charge in [0.1, 0.15) is 11.2 Å². The van der Waals surface area contributed by atoms with E-state index in [9.17, 15) is 5.48 Å². The Morgan fingerprint density at radius 2 is 0.918 bits per heavy atom. The lowest BCUT2D eigenvalue weighted by Gasteiger charge is -2.10. The van der Waals surface area contributed by atoms with Gasteiger partial charge in [-0.25, -0.2) is 15.0 Å². The van der Waals surface area contributed by atoms with Crippen LogP contribution in [0.2, 0.25) is 0 Å². The zero-order valence-corrected chi connectivity index (χ0v) is 25.6. The van der Waals surface area contributed by atoms with Gasteiger partial charge in [-0.15, -0.1) is 0 Å². The molecule has 0 spiro atoms. The second-order valence-electron chi connectivity index (χ2n) is 11.2. The van der Waals surface area contributed by atoms with Gasteiger partial charge in [-0.2, -0.15) is 0 Å². The second kappa shape index (κ2) is 12.2. The van der Waals surface area contributed by atoms with Crippen molar-refractivity contribution in [2.24, 2.45) is 0 Å². The molecule has 0 saturated carbocycles. The Balaban J connectivity index is 1.22. The molecular weight excluding hydrogens is 599 g/mol. The third kappa shape index (κ3) is 5.56. The average Bonchev–Trinajstić information content (AvgIpc) is 3.70. The molecule has 9 aromatic rings. The maximum atomic E-state index is 9.36. The second-order valence-corrected chi connectivity index (χ2v) is 11.2. The number of furan rings is 1. The maximum Gasteiger partial charge on any atom is 0.164 e. The molecule has 0 amide bonds. The molecular formula is C45H29N3O. The summed E-state index contributed by atoms with van der Waals surface area (Å²) in [7, 11) is 0. The lowest BCUT2D eigenvalue weighted by atomic mass is 9.98. The fourth-order valence-corrected chi connectivity index (χ4v) is 5.66. The van der Waals surface area contributed by atoms with Gasteiger partial charge in [-0.05, 0) is 63.6 Å². The minimum atomic E-state index is -0.683. The first-order chi connectivity index (χ1) is 28.8. The van der Waals surface area contributed by atoms with Gasteiger partial charge in [0, 0.05) is 27.5 Å². The summed E-state index contributed by atoms with van der Waals surface area (Å²) in [6.07, 6.45) is 0. The van der Waals surface area contributed by atoms with Crippen molar-refractivity contribution in [2.75, 3.05) is 0 Å². The molecule has 4 nitrogen and oxygen atoms in total. The van der Waals surface area contributed by atoms with Gasteiger partial charge < -0.3 is 4.42 Å². The highest BCUT2D eigenvalue weighted by Gasteiger charge is 2.15. The van der Waals surface area contributed by atoms with Gasteiger partial charge in [0.05, 0.1) is 15.1 Å². The van der Waals surface area contributed by atoms with E-state index in [0.717, 1.165) is 22.3 Å². The molecule has 9 rings (SSSR count). The minimum absolute atomic E-state index is 0.0949. The molecule has 0 saturated heterocycles. The summed E-state index contributed by atoms with van der Waals surface area (Å²) in [6.45, 7) is 0. The molecule has 49 heavy (non-hydrogen) atoms. The topological polar surface area (TPSA) is 51.8 Å². The molecule has 7 aromatic carbocycles.